The second-order valence-corrected chi connectivity index (χ2v) is 8.41. The molecule has 5 rings (SSSR count). The van der Waals surface area contributed by atoms with Crippen molar-refractivity contribution in [1.82, 2.24) is 14.7 Å². The summed E-state index contributed by atoms with van der Waals surface area (Å²) in [4.78, 5) is 31.6. The molecule has 3 aliphatic rings. The van der Waals surface area contributed by atoms with Crippen LogP contribution < -0.4 is 9.47 Å². The molecule has 2 aromatic rings. The van der Waals surface area contributed by atoms with E-state index in [0.717, 1.165) is 32.7 Å². The molecule has 166 valence electrons. The van der Waals surface area contributed by atoms with Gasteiger partial charge in [0.2, 0.25) is 12.7 Å². The second kappa shape index (κ2) is 9.04. The minimum absolute atomic E-state index is 0.0672. The Bertz CT molecular complexity index is 1010. The van der Waals surface area contributed by atoms with Crippen molar-refractivity contribution in [3.8, 4) is 11.5 Å². The predicted molar refractivity (Wildman–Crippen MR) is 120 cm³/mol. The third-order valence-corrected chi connectivity index (χ3v) is 6.29. The first kappa shape index (κ1) is 20.6. The van der Waals surface area contributed by atoms with Gasteiger partial charge < -0.3 is 19.3 Å². The monoisotopic (exact) mass is 433 g/mol. The minimum Gasteiger partial charge on any atom is -0.454 e. The lowest BCUT2D eigenvalue weighted by molar-refractivity contribution is -0.141. The lowest BCUT2D eigenvalue weighted by Crippen LogP contribution is -2.59. The van der Waals surface area contributed by atoms with Gasteiger partial charge in [-0.15, -0.1) is 0 Å². The maximum atomic E-state index is 12.9. The standard InChI is InChI=1S/C25H27N3O4/c29-24(20-8-9-22-23(15-20)32-18-31-22)28-16-21(17-28)25(30)27-13-11-26(12-14-27)10-4-7-19-5-2-1-3-6-19/h1-9,15,21H,10-14,16-18H2/b7-4+. The van der Waals surface area contributed by atoms with Crippen LogP contribution in [0.3, 0.4) is 0 Å². The zero-order valence-corrected chi connectivity index (χ0v) is 18.0. The number of nitrogens with zero attached hydrogens (tertiary/aromatic N) is 3. The first-order chi connectivity index (χ1) is 15.7. The van der Waals surface area contributed by atoms with Gasteiger partial charge in [0.1, 0.15) is 0 Å². The zero-order valence-electron chi connectivity index (χ0n) is 18.0. The average molecular weight is 434 g/mol. The molecule has 0 atom stereocenters. The number of benzene rings is 2. The number of hydrogen-bond donors (Lipinski definition) is 0. The highest BCUT2D eigenvalue weighted by atomic mass is 16.7. The summed E-state index contributed by atoms with van der Waals surface area (Å²) in [6.45, 7) is 5.25. The highest BCUT2D eigenvalue weighted by molar-refractivity contribution is 5.96. The number of carbonyl (C=O) groups excluding carboxylic acids is 2. The molecule has 0 radical (unpaired) electrons. The molecule has 2 amide bonds. The van der Waals surface area contributed by atoms with Crippen LogP contribution in [0.15, 0.2) is 54.6 Å². The van der Waals surface area contributed by atoms with Crippen LogP contribution in [0.1, 0.15) is 15.9 Å². The van der Waals surface area contributed by atoms with Crippen molar-refractivity contribution in [2.24, 2.45) is 5.92 Å². The number of piperazine rings is 1. The van der Waals surface area contributed by atoms with Crippen LogP contribution in [-0.4, -0.2) is 79.1 Å². The number of fused-ring (bicyclic) bond motifs is 1. The summed E-state index contributed by atoms with van der Waals surface area (Å²) in [6, 6.07) is 15.5. The summed E-state index contributed by atoms with van der Waals surface area (Å²) in [6.07, 6.45) is 4.32. The number of likely N-dealkylation sites (tertiary alicyclic amines) is 1. The van der Waals surface area contributed by atoms with Crippen LogP contribution in [0.25, 0.3) is 6.08 Å². The van der Waals surface area contributed by atoms with Gasteiger partial charge in [0.15, 0.2) is 11.5 Å². The number of rotatable bonds is 5. The van der Waals surface area contributed by atoms with Crippen molar-refractivity contribution in [2.75, 3.05) is 52.6 Å². The van der Waals surface area contributed by atoms with Crippen molar-refractivity contribution < 1.29 is 19.1 Å². The Balaban J connectivity index is 1.06. The quantitative estimate of drug-likeness (QED) is 0.725. The molecule has 0 aromatic heterocycles. The van der Waals surface area contributed by atoms with Crippen LogP contribution in [0.5, 0.6) is 11.5 Å². The van der Waals surface area contributed by atoms with Crippen molar-refractivity contribution in [3.63, 3.8) is 0 Å². The van der Waals surface area contributed by atoms with Crippen LogP contribution >= 0.6 is 0 Å². The van der Waals surface area contributed by atoms with E-state index in [-0.39, 0.29) is 24.5 Å². The van der Waals surface area contributed by atoms with E-state index in [1.165, 1.54) is 5.56 Å². The second-order valence-electron chi connectivity index (χ2n) is 8.41. The fourth-order valence-corrected chi connectivity index (χ4v) is 4.32. The summed E-state index contributed by atoms with van der Waals surface area (Å²) < 4.78 is 10.6. The lowest BCUT2D eigenvalue weighted by atomic mass is 9.96. The highest BCUT2D eigenvalue weighted by Crippen LogP contribution is 2.33. The molecule has 3 aliphatic heterocycles. The van der Waals surface area contributed by atoms with Gasteiger partial charge >= 0.3 is 0 Å². The van der Waals surface area contributed by atoms with E-state index in [9.17, 15) is 9.59 Å². The fourth-order valence-electron chi connectivity index (χ4n) is 4.32. The number of carbonyl (C=O) groups is 2. The molecular formula is C25H27N3O4. The summed E-state index contributed by atoms with van der Waals surface area (Å²) in [5.41, 5.74) is 1.77. The summed E-state index contributed by atoms with van der Waals surface area (Å²) in [5.74, 6) is 1.26. The van der Waals surface area contributed by atoms with Gasteiger partial charge in [-0.3, -0.25) is 14.5 Å². The summed E-state index contributed by atoms with van der Waals surface area (Å²) >= 11 is 0. The smallest absolute Gasteiger partial charge is 0.254 e. The highest BCUT2D eigenvalue weighted by Gasteiger charge is 2.39. The topological polar surface area (TPSA) is 62.3 Å². The van der Waals surface area contributed by atoms with Crippen molar-refractivity contribution >= 4 is 17.9 Å². The molecule has 3 heterocycles. The van der Waals surface area contributed by atoms with Crippen molar-refractivity contribution in [3.05, 3.63) is 65.7 Å². The molecule has 0 N–H and O–H groups in total. The van der Waals surface area contributed by atoms with E-state index in [1.54, 1.807) is 23.1 Å². The molecule has 7 heteroatoms. The first-order valence-corrected chi connectivity index (χ1v) is 11.1. The third-order valence-electron chi connectivity index (χ3n) is 6.29. The molecule has 0 unspecified atom stereocenters. The van der Waals surface area contributed by atoms with Gasteiger partial charge in [-0.2, -0.15) is 0 Å². The Morgan fingerprint density at radius 2 is 1.66 bits per heavy atom. The third kappa shape index (κ3) is 4.34. The Morgan fingerprint density at radius 3 is 2.44 bits per heavy atom. The van der Waals surface area contributed by atoms with E-state index in [2.05, 4.69) is 29.2 Å². The normalized spacial score (nSPS) is 18.8. The zero-order chi connectivity index (χ0) is 21.9. The predicted octanol–water partition coefficient (Wildman–Crippen LogP) is 2.34. The number of hydrogen-bond acceptors (Lipinski definition) is 5. The SMILES string of the molecule is O=C(c1ccc2c(c1)OCO2)N1CC(C(=O)N2CCN(C/C=C/c3ccccc3)CC2)C1. The van der Waals surface area contributed by atoms with Gasteiger partial charge in [0.05, 0.1) is 5.92 Å². The lowest BCUT2D eigenvalue weighted by Gasteiger charge is -2.42. The Hall–Kier alpha value is -3.32. The van der Waals surface area contributed by atoms with Gasteiger partial charge in [-0.1, -0.05) is 42.5 Å². The van der Waals surface area contributed by atoms with E-state index in [1.807, 2.05) is 23.1 Å². The van der Waals surface area contributed by atoms with Crippen LogP contribution in [-0.2, 0) is 4.79 Å². The molecule has 2 fully saturated rings. The van der Waals surface area contributed by atoms with E-state index in [0.29, 0.717) is 30.2 Å². The molecule has 32 heavy (non-hydrogen) atoms. The molecule has 0 aliphatic carbocycles. The van der Waals surface area contributed by atoms with Gasteiger partial charge in [0.25, 0.3) is 5.91 Å². The van der Waals surface area contributed by atoms with E-state index >= 15 is 0 Å². The summed E-state index contributed by atoms with van der Waals surface area (Å²) in [7, 11) is 0. The average Bonchev–Trinajstić information content (AvgIpc) is 3.27. The molecule has 2 saturated heterocycles. The van der Waals surface area contributed by atoms with Crippen molar-refractivity contribution in [1.29, 1.82) is 0 Å². The van der Waals surface area contributed by atoms with Gasteiger partial charge in [-0.25, -0.2) is 0 Å². The van der Waals surface area contributed by atoms with Crippen molar-refractivity contribution in [2.45, 2.75) is 0 Å². The molecule has 2 aromatic carbocycles. The molecule has 0 saturated carbocycles. The van der Waals surface area contributed by atoms with Crippen LogP contribution in [0.2, 0.25) is 0 Å². The van der Waals surface area contributed by atoms with E-state index < -0.39 is 0 Å². The maximum Gasteiger partial charge on any atom is 0.254 e. The van der Waals surface area contributed by atoms with E-state index in [4.69, 9.17) is 9.47 Å². The molecule has 7 nitrogen and oxygen atoms in total. The minimum atomic E-state index is -0.0995. The van der Waals surface area contributed by atoms with Crippen LogP contribution in [0, 0.1) is 5.92 Å². The first-order valence-electron chi connectivity index (χ1n) is 11.1. The number of amides is 2. The van der Waals surface area contributed by atoms with Gasteiger partial charge in [-0.05, 0) is 23.8 Å². The largest absolute Gasteiger partial charge is 0.454 e. The number of ether oxygens (including phenoxy) is 2. The van der Waals surface area contributed by atoms with Gasteiger partial charge in [0, 0.05) is 51.4 Å². The maximum absolute atomic E-state index is 12.9. The Morgan fingerprint density at radius 1 is 0.906 bits per heavy atom. The molecular weight excluding hydrogens is 406 g/mol. The Kier molecular flexibility index (Phi) is 5.81. The van der Waals surface area contributed by atoms with Crippen LogP contribution in [0.4, 0.5) is 0 Å². The fraction of sp³-hybridized carbons (Fsp3) is 0.360. The summed E-state index contributed by atoms with van der Waals surface area (Å²) in [5, 5.41) is 0. The molecule has 0 bridgehead atoms. The Labute approximate surface area is 187 Å². The molecule has 0 spiro atoms.